The maximum absolute atomic E-state index is 12.9. The molecule has 2 heterocycles. The second kappa shape index (κ2) is 7.99. The third-order valence-corrected chi connectivity index (χ3v) is 5.44. The number of carbonyl (C=O) groups excluding carboxylic acids is 1. The summed E-state index contributed by atoms with van der Waals surface area (Å²) in [5, 5.41) is 13.6. The van der Waals surface area contributed by atoms with Crippen LogP contribution in [-0.4, -0.2) is 34.2 Å². The van der Waals surface area contributed by atoms with E-state index in [9.17, 15) is 9.90 Å². The van der Waals surface area contributed by atoms with Crippen LogP contribution in [0.2, 0.25) is 0 Å². The minimum atomic E-state index is 0.0132. The molecule has 1 aromatic heterocycles. The molecule has 6 nitrogen and oxygen atoms in total. The molecule has 2 aromatic carbocycles. The summed E-state index contributed by atoms with van der Waals surface area (Å²) < 4.78 is 11.0. The molecule has 1 aliphatic heterocycles. The van der Waals surface area contributed by atoms with Gasteiger partial charge in [-0.2, -0.15) is 0 Å². The van der Waals surface area contributed by atoms with Gasteiger partial charge in [0.15, 0.2) is 0 Å². The van der Waals surface area contributed by atoms with Gasteiger partial charge in [-0.05, 0) is 74.2 Å². The Bertz CT molecular complexity index is 1000. The monoisotopic (exact) mass is 392 g/mol. The van der Waals surface area contributed by atoms with Crippen LogP contribution in [0.1, 0.15) is 38.5 Å². The van der Waals surface area contributed by atoms with Gasteiger partial charge in [-0.3, -0.25) is 4.79 Å². The Hall–Kier alpha value is -3.28. The number of carbonyl (C=O) groups is 1. The van der Waals surface area contributed by atoms with E-state index >= 15 is 0 Å². The molecule has 0 aliphatic carbocycles. The molecule has 0 fully saturated rings. The Kier molecular flexibility index (Phi) is 5.25. The normalized spacial score (nSPS) is 13.7. The zero-order valence-electron chi connectivity index (χ0n) is 16.6. The van der Waals surface area contributed by atoms with Gasteiger partial charge < -0.3 is 19.3 Å². The molecule has 4 rings (SSSR count). The zero-order valence-corrected chi connectivity index (χ0v) is 16.6. The lowest BCUT2D eigenvalue weighted by Crippen LogP contribution is -2.33. The Morgan fingerprint density at radius 2 is 1.83 bits per heavy atom. The maximum atomic E-state index is 12.9. The van der Waals surface area contributed by atoms with Gasteiger partial charge in [0.1, 0.15) is 23.9 Å². The number of hydrogen-bond acceptors (Lipinski definition) is 5. The minimum Gasteiger partial charge on any atom is -0.508 e. The third kappa shape index (κ3) is 4.11. The van der Waals surface area contributed by atoms with Crippen molar-refractivity contribution in [1.29, 1.82) is 0 Å². The number of aromatic nitrogens is 1. The van der Waals surface area contributed by atoms with Crippen molar-refractivity contribution >= 4 is 5.91 Å². The van der Waals surface area contributed by atoms with Gasteiger partial charge in [0.25, 0.3) is 5.91 Å². The predicted octanol–water partition coefficient (Wildman–Crippen LogP) is 3.82. The summed E-state index contributed by atoms with van der Waals surface area (Å²) in [5.74, 6) is 1.74. The van der Waals surface area contributed by atoms with Crippen LogP contribution in [0.4, 0.5) is 0 Å². The fraction of sp³-hybridized carbons (Fsp3) is 0.304. The summed E-state index contributed by atoms with van der Waals surface area (Å²) >= 11 is 0. The first-order valence-corrected chi connectivity index (χ1v) is 9.76. The zero-order chi connectivity index (χ0) is 20.4. The van der Waals surface area contributed by atoms with Gasteiger partial charge in [0.2, 0.25) is 0 Å². The van der Waals surface area contributed by atoms with Crippen LogP contribution in [0.5, 0.6) is 11.5 Å². The molecule has 0 saturated carbocycles. The van der Waals surface area contributed by atoms with E-state index in [4.69, 9.17) is 9.26 Å². The molecule has 3 aromatic rings. The first kappa shape index (κ1) is 19.1. The first-order valence-electron chi connectivity index (χ1n) is 9.76. The van der Waals surface area contributed by atoms with Gasteiger partial charge in [-0.15, -0.1) is 0 Å². The highest BCUT2D eigenvalue weighted by atomic mass is 16.5. The van der Waals surface area contributed by atoms with Crippen molar-refractivity contribution < 1.29 is 19.2 Å². The molecule has 29 heavy (non-hydrogen) atoms. The number of aryl methyl sites for hydroxylation is 2. The number of hydrogen-bond donors (Lipinski definition) is 1. The summed E-state index contributed by atoms with van der Waals surface area (Å²) in [6.45, 7) is 5.44. The van der Waals surface area contributed by atoms with Crippen LogP contribution >= 0.6 is 0 Å². The summed E-state index contributed by atoms with van der Waals surface area (Å²) in [7, 11) is 0. The highest BCUT2D eigenvalue weighted by Crippen LogP contribution is 2.23. The van der Waals surface area contributed by atoms with Crippen molar-refractivity contribution in [3.05, 3.63) is 76.2 Å². The molecule has 6 heteroatoms. The number of fused-ring (bicyclic) bond motifs is 1. The second-order valence-corrected chi connectivity index (χ2v) is 7.36. The van der Waals surface area contributed by atoms with Crippen LogP contribution in [0, 0.1) is 13.8 Å². The number of amides is 1. The minimum absolute atomic E-state index is 0.0132. The molecular formula is C23H24N2O4. The van der Waals surface area contributed by atoms with Crippen molar-refractivity contribution in [1.82, 2.24) is 10.1 Å². The summed E-state index contributed by atoms with van der Waals surface area (Å²) in [5.41, 5.74) is 4.72. The van der Waals surface area contributed by atoms with Crippen LogP contribution < -0.4 is 4.74 Å². The van der Waals surface area contributed by atoms with Crippen LogP contribution in [0.3, 0.4) is 0 Å². The molecule has 0 unspecified atom stereocenters. The van der Waals surface area contributed by atoms with Gasteiger partial charge in [0, 0.05) is 18.7 Å². The van der Waals surface area contributed by atoms with Crippen LogP contribution in [-0.2, 0) is 19.4 Å². The maximum Gasteiger partial charge on any atom is 0.253 e. The fourth-order valence-corrected chi connectivity index (χ4v) is 3.65. The smallest absolute Gasteiger partial charge is 0.253 e. The average molecular weight is 392 g/mol. The molecule has 0 bridgehead atoms. The van der Waals surface area contributed by atoms with Gasteiger partial charge in [0.05, 0.1) is 11.3 Å². The SMILES string of the molecule is Cc1noc(C)c1COc1ccc(C(=O)N2CCc3ccc(O)cc3CC2)cc1. The van der Waals surface area contributed by atoms with E-state index in [2.05, 4.69) is 5.16 Å². The van der Waals surface area contributed by atoms with E-state index in [-0.39, 0.29) is 11.7 Å². The van der Waals surface area contributed by atoms with Crippen LogP contribution in [0.25, 0.3) is 0 Å². The largest absolute Gasteiger partial charge is 0.508 e. The molecule has 1 aliphatic rings. The fourth-order valence-electron chi connectivity index (χ4n) is 3.65. The number of benzene rings is 2. The third-order valence-electron chi connectivity index (χ3n) is 5.44. The van der Waals surface area contributed by atoms with Crippen molar-refractivity contribution in [3.8, 4) is 11.5 Å². The average Bonchev–Trinajstić information content (AvgIpc) is 2.91. The topological polar surface area (TPSA) is 75.8 Å². The molecule has 0 saturated heterocycles. The molecule has 1 N–H and O–H groups in total. The summed E-state index contributed by atoms with van der Waals surface area (Å²) in [6, 6.07) is 12.7. The van der Waals surface area contributed by atoms with Gasteiger partial charge >= 0.3 is 0 Å². The van der Waals surface area contributed by atoms with Gasteiger partial charge in [-0.25, -0.2) is 0 Å². The molecule has 150 valence electrons. The number of ether oxygens (including phenoxy) is 1. The van der Waals surface area contributed by atoms with Crippen molar-refractivity contribution in [2.45, 2.75) is 33.3 Å². The van der Waals surface area contributed by atoms with E-state index in [1.165, 1.54) is 5.56 Å². The lowest BCUT2D eigenvalue weighted by molar-refractivity contribution is 0.0763. The Labute approximate surface area is 169 Å². The Morgan fingerprint density at radius 3 is 2.52 bits per heavy atom. The Balaban J connectivity index is 1.39. The standard InChI is InChI=1S/C23H24N2O4/c1-15-22(16(2)29-24-15)14-28-21-7-4-18(5-8-21)23(27)25-11-9-17-3-6-20(26)13-19(17)10-12-25/h3-8,13,26H,9-12,14H2,1-2H3. The number of rotatable bonds is 4. The van der Waals surface area contributed by atoms with E-state index in [0.29, 0.717) is 31.0 Å². The molecule has 0 spiro atoms. The predicted molar refractivity (Wildman–Crippen MR) is 108 cm³/mol. The van der Waals surface area contributed by atoms with E-state index < -0.39 is 0 Å². The summed E-state index contributed by atoms with van der Waals surface area (Å²) in [6.07, 6.45) is 1.54. The van der Waals surface area contributed by atoms with Crippen molar-refractivity contribution in [3.63, 3.8) is 0 Å². The summed E-state index contributed by atoms with van der Waals surface area (Å²) in [4.78, 5) is 14.8. The van der Waals surface area contributed by atoms with Crippen molar-refractivity contribution in [2.75, 3.05) is 13.1 Å². The number of nitrogens with zero attached hydrogens (tertiary/aromatic N) is 2. The van der Waals surface area contributed by atoms with E-state index in [0.717, 1.165) is 35.4 Å². The highest BCUT2D eigenvalue weighted by Gasteiger charge is 2.20. The van der Waals surface area contributed by atoms with E-state index in [1.54, 1.807) is 24.3 Å². The number of aromatic hydroxyl groups is 1. The van der Waals surface area contributed by atoms with Gasteiger partial charge in [-0.1, -0.05) is 11.2 Å². The Morgan fingerprint density at radius 1 is 1.10 bits per heavy atom. The van der Waals surface area contributed by atoms with Crippen LogP contribution in [0.15, 0.2) is 47.0 Å². The lowest BCUT2D eigenvalue weighted by atomic mass is 10.0. The van der Waals surface area contributed by atoms with Crippen molar-refractivity contribution in [2.24, 2.45) is 0 Å². The lowest BCUT2D eigenvalue weighted by Gasteiger charge is -2.20. The molecular weight excluding hydrogens is 368 g/mol. The first-order chi connectivity index (χ1) is 14.0. The molecule has 0 radical (unpaired) electrons. The highest BCUT2D eigenvalue weighted by molar-refractivity contribution is 5.94. The molecule has 1 amide bonds. The number of phenolic OH excluding ortho intramolecular Hbond substituents is 1. The molecule has 0 atom stereocenters. The number of phenols is 1. The van der Waals surface area contributed by atoms with E-state index in [1.807, 2.05) is 36.9 Å². The quantitative estimate of drug-likeness (QED) is 0.731. The second-order valence-electron chi connectivity index (χ2n) is 7.36.